The second-order valence-electron chi connectivity index (χ2n) is 4.79. The summed E-state index contributed by atoms with van der Waals surface area (Å²) in [6.07, 6.45) is 5.48. The van der Waals surface area contributed by atoms with E-state index in [1.807, 2.05) is 84.0 Å². The molecule has 0 aliphatic heterocycles. The molecule has 0 aliphatic rings. The maximum absolute atomic E-state index is 4.23. The standard InChI is InChI=1S/C12H11N2.C7H7.2C2H6.Y/c1-10-8-13-12(14-9-10)7-11-5-3-2-4-6-11;1-7-5-3-2-4-6-7;2*1-2;/h2-6,8H,7H2,1H3;2-5H,1H3;2*1-2H3;/q2*-1;;;. The summed E-state index contributed by atoms with van der Waals surface area (Å²) < 4.78 is 0. The zero-order chi connectivity index (χ0) is 18.9. The Bertz CT molecular complexity index is 638. The molecule has 3 heteroatoms. The van der Waals surface area contributed by atoms with E-state index in [1.165, 1.54) is 11.1 Å². The van der Waals surface area contributed by atoms with E-state index in [4.69, 9.17) is 0 Å². The molecule has 0 bridgehead atoms. The minimum atomic E-state index is 0. The van der Waals surface area contributed by atoms with E-state index in [-0.39, 0.29) is 32.7 Å². The number of hydrogen-bond acceptors (Lipinski definition) is 2. The van der Waals surface area contributed by atoms with Gasteiger partial charge in [-0.15, -0.1) is 5.56 Å². The number of benzene rings is 2. The average molecular weight is 423 g/mol. The molecule has 0 spiro atoms. The van der Waals surface area contributed by atoms with Crippen molar-refractivity contribution in [2.75, 3.05) is 0 Å². The number of rotatable bonds is 2. The van der Waals surface area contributed by atoms with E-state index in [0.29, 0.717) is 0 Å². The fraction of sp³-hybridized carbons (Fsp3) is 0.304. The van der Waals surface area contributed by atoms with Crippen LogP contribution >= 0.6 is 0 Å². The molecule has 137 valence electrons. The molecule has 3 aromatic rings. The van der Waals surface area contributed by atoms with Gasteiger partial charge in [0.15, 0.2) is 0 Å². The Labute approximate surface area is 185 Å². The molecule has 0 N–H and O–H groups in total. The van der Waals surface area contributed by atoms with Gasteiger partial charge in [-0.1, -0.05) is 89.8 Å². The van der Waals surface area contributed by atoms with Crippen LogP contribution in [0.3, 0.4) is 0 Å². The molecule has 2 nitrogen and oxygen atoms in total. The Morgan fingerprint density at radius 1 is 0.808 bits per heavy atom. The van der Waals surface area contributed by atoms with E-state index < -0.39 is 0 Å². The molecule has 0 atom stereocenters. The van der Waals surface area contributed by atoms with Crippen molar-refractivity contribution in [2.24, 2.45) is 0 Å². The zero-order valence-electron chi connectivity index (χ0n) is 17.0. The summed E-state index contributed by atoms with van der Waals surface area (Å²) in [6.45, 7) is 12.0. The molecule has 0 saturated heterocycles. The normalized spacial score (nSPS) is 8.23. The Hall–Kier alpha value is -1.38. The van der Waals surface area contributed by atoms with Crippen LogP contribution in [0.25, 0.3) is 0 Å². The van der Waals surface area contributed by atoms with Gasteiger partial charge in [0.25, 0.3) is 0 Å². The second kappa shape index (κ2) is 18.4. The predicted molar refractivity (Wildman–Crippen MR) is 108 cm³/mol. The summed E-state index contributed by atoms with van der Waals surface area (Å²) >= 11 is 0. The number of hydrogen-bond donors (Lipinski definition) is 0. The fourth-order valence-corrected chi connectivity index (χ4v) is 1.73. The van der Waals surface area contributed by atoms with E-state index >= 15 is 0 Å². The van der Waals surface area contributed by atoms with Crippen LogP contribution < -0.4 is 0 Å². The monoisotopic (exact) mass is 423 g/mol. The zero-order valence-corrected chi connectivity index (χ0v) is 19.8. The SMILES string of the molecule is CC.CC.Cc1[c-]cccc1.Cc1[c-]nc(Cc2ccccc2)nc1.[Y]. The van der Waals surface area contributed by atoms with Crippen LogP contribution in [0.2, 0.25) is 0 Å². The summed E-state index contributed by atoms with van der Waals surface area (Å²) in [5.41, 5.74) is 3.40. The molecule has 1 radical (unpaired) electrons. The summed E-state index contributed by atoms with van der Waals surface area (Å²) in [6, 6.07) is 21.1. The topological polar surface area (TPSA) is 25.8 Å². The Morgan fingerprint density at radius 3 is 1.85 bits per heavy atom. The fourth-order valence-electron chi connectivity index (χ4n) is 1.73. The van der Waals surface area contributed by atoms with Gasteiger partial charge in [-0.05, 0) is 6.42 Å². The van der Waals surface area contributed by atoms with Gasteiger partial charge in [-0.2, -0.15) is 35.9 Å². The van der Waals surface area contributed by atoms with Crippen LogP contribution in [0, 0.1) is 26.1 Å². The van der Waals surface area contributed by atoms with Crippen molar-refractivity contribution < 1.29 is 32.7 Å². The van der Waals surface area contributed by atoms with Crippen molar-refractivity contribution in [1.29, 1.82) is 0 Å². The molecule has 0 amide bonds. The minimum Gasteiger partial charge on any atom is -0.373 e. The quantitative estimate of drug-likeness (QED) is 0.471. The first-order valence-corrected chi connectivity index (χ1v) is 8.91. The molecule has 0 aliphatic carbocycles. The van der Waals surface area contributed by atoms with Crippen molar-refractivity contribution >= 4 is 0 Å². The largest absolute Gasteiger partial charge is 0.373 e. The third-order valence-corrected chi connectivity index (χ3v) is 2.84. The minimum absolute atomic E-state index is 0. The molecule has 2 aromatic carbocycles. The maximum atomic E-state index is 4.23. The number of aryl methyl sites for hydroxylation is 2. The van der Waals surface area contributed by atoms with Gasteiger partial charge in [-0.3, -0.25) is 0 Å². The summed E-state index contributed by atoms with van der Waals surface area (Å²) in [5, 5.41) is 0. The molecular formula is C23H30N2Y-2. The molecule has 0 saturated carbocycles. The number of nitrogens with zero attached hydrogens (tertiary/aromatic N) is 2. The molecule has 0 fully saturated rings. The average Bonchev–Trinajstić information content (AvgIpc) is 2.69. The molecule has 0 unspecified atom stereocenters. The first kappa shape index (κ1) is 26.8. The van der Waals surface area contributed by atoms with Crippen molar-refractivity contribution in [1.82, 2.24) is 9.97 Å². The maximum Gasteiger partial charge on any atom is 0.0180 e. The van der Waals surface area contributed by atoms with Crippen LogP contribution in [0.15, 0.2) is 60.8 Å². The van der Waals surface area contributed by atoms with E-state index in [0.717, 1.165) is 17.8 Å². The van der Waals surface area contributed by atoms with Crippen LogP contribution in [-0.4, -0.2) is 9.97 Å². The molecule has 1 aromatic heterocycles. The Balaban J connectivity index is 0. The number of aromatic nitrogens is 2. The van der Waals surface area contributed by atoms with E-state index in [2.05, 4.69) is 34.4 Å². The third-order valence-electron chi connectivity index (χ3n) is 2.84. The van der Waals surface area contributed by atoms with Crippen LogP contribution in [0.1, 0.15) is 50.2 Å². The second-order valence-corrected chi connectivity index (χ2v) is 4.79. The van der Waals surface area contributed by atoms with Crippen molar-refractivity contribution in [2.45, 2.75) is 48.0 Å². The first-order valence-electron chi connectivity index (χ1n) is 8.91. The summed E-state index contributed by atoms with van der Waals surface area (Å²) in [7, 11) is 0. The van der Waals surface area contributed by atoms with Crippen molar-refractivity contribution in [3.8, 4) is 0 Å². The van der Waals surface area contributed by atoms with Gasteiger partial charge in [0, 0.05) is 38.5 Å². The van der Waals surface area contributed by atoms with Crippen LogP contribution in [0.4, 0.5) is 0 Å². The Morgan fingerprint density at radius 2 is 1.42 bits per heavy atom. The third kappa shape index (κ3) is 12.9. The van der Waals surface area contributed by atoms with Gasteiger partial charge in [0.05, 0.1) is 0 Å². The first-order chi connectivity index (χ1) is 12.2. The molecule has 1 heterocycles. The van der Waals surface area contributed by atoms with Gasteiger partial charge in [0.2, 0.25) is 0 Å². The van der Waals surface area contributed by atoms with E-state index in [1.54, 1.807) is 6.20 Å². The van der Waals surface area contributed by atoms with Crippen molar-refractivity contribution in [3.05, 3.63) is 95.6 Å². The van der Waals surface area contributed by atoms with Crippen molar-refractivity contribution in [3.63, 3.8) is 0 Å². The van der Waals surface area contributed by atoms with Crippen LogP contribution in [0.5, 0.6) is 0 Å². The molecule has 3 rings (SSSR count). The van der Waals surface area contributed by atoms with Gasteiger partial charge in [0.1, 0.15) is 0 Å². The van der Waals surface area contributed by atoms with E-state index in [9.17, 15) is 0 Å². The van der Waals surface area contributed by atoms with Gasteiger partial charge >= 0.3 is 0 Å². The molecular weight excluding hydrogens is 393 g/mol. The van der Waals surface area contributed by atoms with Crippen LogP contribution in [-0.2, 0) is 39.1 Å². The predicted octanol–water partition coefficient (Wildman–Crippen LogP) is 6.02. The summed E-state index contributed by atoms with van der Waals surface area (Å²) in [4.78, 5) is 8.37. The smallest absolute Gasteiger partial charge is 0.0180 e. The molecule has 26 heavy (non-hydrogen) atoms. The summed E-state index contributed by atoms with van der Waals surface area (Å²) in [5.74, 6) is 0.821. The Kier molecular flexibility index (Phi) is 19.0. The van der Waals surface area contributed by atoms with Gasteiger partial charge in [-0.25, -0.2) is 0 Å². The van der Waals surface area contributed by atoms with Gasteiger partial charge < -0.3 is 9.97 Å².